The number of aliphatic hydroxyl groups is 1. The lowest BCUT2D eigenvalue weighted by atomic mass is 9.92. The highest BCUT2D eigenvalue weighted by Gasteiger charge is 2.27. The third kappa shape index (κ3) is 2.23. The van der Waals surface area contributed by atoms with Gasteiger partial charge in [-0.05, 0) is 37.8 Å². The van der Waals surface area contributed by atoms with Crippen LogP contribution in [0.3, 0.4) is 0 Å². The van der Waals surface area contributed by atoms with E-state index in [1.165, 1.54) is 0 Å². The summed E-state index contributed by atoms with van der Waals surface area (Å²) in [6.07, 6.45) is -0.605. The molecule has 2 unspecified atom stereocenters. The van der Waals surface area contributed by atoms with Crippen LogP contribution in [0.5, 0.6) is 0 Å². The van der Waals surface area contributed by atoms with E-state index in [-0.39, 0.29) is 5.92 Å². The first-order valence-corrected chi connectivity index (χ1v) is 6.92. The Labute approximate surface area is 111 Å². The molecule has 98 valence electrons. The Morgan fingerprint density at radius 2 is 2.06 bits per heavy atom. The maximum atomic E-state index is 10.6. The second kappa shape index (κ2) is 5.26. The Kier molecular flexibility index (Phi) is 3.90. The lowest BCUT2D eigenvalue weighted by molar-refractivity contribution is 0.146. The Balaban J connectivity index is 2.37. The average molecular weight is 265 g/mol. The second-order valence-corrected chi connectivity index (χ2v) is 5.53. The monoisotopic (exact) mass is 265 g/mol. The SMILES string of the molecule is Cc1oc(C)c(C(O)C(CN)c2cccs2)c1C. The molecule has 2 atom stereocenters. The Morgan fingerprint density at radius 1 is 1.33 bits per heavy atom. The topological polar surface area (TPSA) is 59.4 Å². The molecule has 0 aromatic carbocycles. The number of aryl methyl sites for hydroxylation is 2. The van der Waals surface area contributed by atoms with Gasteiger partial charge in [0.1, 0.15) is 11.5 Å². The Morgan fingerprint density at radius 3 is 2.50 bits per heavy atom. The van der Waals surface area contributed by atoms with Gasteiger partial charge in [-0.3, -0.25) is 0 Å². The highest BCUT2D eigenvalue weighted by molar-refractivity contribution is 7.10. The fourth-order valence-corrected chi connectivity index (χ4v) is 3.22. The third-order valence-electron chi connectivity index (χ3n) is 3.46. The van der Waals surface area contributed by atoms with Crippen molar-refractivity contribution in [3.05, 3.63) is 45.0 Å². The minimum Gasteiger partial charge on any atom is -0.466 e. The predicted molar refractivity (Wildman–Crippen MR) is 74.0 cm³/mol. The fraction of sp³-hybridized carbons (Fsp3) is 0.429. The van der Waals surface area contributed by atoms with Gasteiger partial charge in [0.25, 0.3) is 0 Å². The van der Waals surface area contributed by atoms with E-state index in [4.69, 9.17) is 10.2 Å². The number of thiophene rings is 1. The van der Waals surface area contributed by atoms with Crippen LogP contribution in [0.15, 0.2) is 21.9 Å². The van der Waals surface area contributed by atoms with E-state index >= 15 is 0 Å². The zero-order valence-electron chi connectivity index (χ0n) is 10.9. The van der Waals surface area contributed by atoms with Crippen LogP contribution in [0.2, 0.25) is 0 Å². The maximum absolute atomic E-state index is 10.6. The van der Waals surface area contributed by atoms with Crippen molar-refractivity contribution >= 4 is 11.3 Å². The van der Waals surface area contributed by atoms with Gasteiger partial charge in [-0.25, -0.2) is 0 Å². The molecular weight excluding hydrogens is 246 g/mol. The van der Waals surface area contributed by atoms with Crippen molar-refractivity contribution in [3.63, 3.8) is 0 Å². The molecule has 0 saturated heterocycles. The molecule has 3 N–H and O–H groups in total. The first-order valence-electron chi connectivity index (χ1n) is 6.04. The molecule has 0 aliphatic rings. The van der Waals surface area contributed by atoms with Gasteiger partial charge in [-0.1, -0.05) is 6.07 Å². The molecule has 2 aromatic rings. The van der Waals surface area contributed by atoms with Crippen LogP contribution in [0.4, 0.5) is 0 Å². The van der Waals surface area contributed by atoms with Crippen LogP contribution in [-0.2, 0) is 0 Å². The van der Waals surface area contributed by atoms with Crippen LogP contribution in [0.1, 0.15) is 39.5 Å². The third-order valence-corrected chi connectivity index (χ3v) is 4.46. The summed E-state index contributed by atoms with van der Waals surface area (Å²) < 4.78 is 5.58. The van der Waals surface area contributed by atoms with Crippen molar-refractivity contribution in [3.8, 4) is 0 Å². The molecule has 2 heterocycles. The van der Waals surface area contributed by atoms with E-state index in [1.807, 2.05) is 38.3 Å². The summed E-state index contributed by atoms with van der Waals surface area (Å²) in [6, 6.07) is 4.00. The summed E-state index contributed by atoms with van der Waals surface area (Å²) in [4.78, 5) is 1.11. The molecule has 2 rings (SSSR count). The van der Waals surface area contributed by atoms with Crippen molar-refractivity contribution in [2.75, 3.05) is 6.54 Å². The van der Waals surface area contributed by atoms with Crippen LogP contribution in [-0.4, -0.2) is 11.7 Å². The van der Waals surface area contributed by atoms with Crippen molar-refractivity contribution in [2.45, 2.75) is 32.8 Å². The molecule has 0 spiro atoms. The van der Waals surface area contributed by atoms with Crippen LogP contribution in [0.25, 0.3) is 0 Å². The summed E-state index contributed by atoms with van der Waals surface area (Å²) >= 11 is 1.63. The molecule has 0 amide bonds. The highest BCUT2D eigenvalue weighted by atomic mass is 32.1. The van der Waals surface area contributed by atoms with Crippen LogP contribution < -0.4 is 5.73 Å². The normalized spacial score (nSPS) is 14.7. The Bertz CT molecular complexity index is 516. The van der Waals surface area contributed by atoms with E-state index in [0.717, 1.165) is 27.5 Å². The maximum Gasteiger partial charge on any atom is 0.107 e. The summed E-state index contributed by atoms with van der Waals surface area (Å²) in [7, 11) is 0. The van der Waals surface area contributed by atoms with Crippen molar-refractivity contribution < 1.29 is 9.52 Å². The summed E-state index contributed by atoms with van der Waals surface area (Å²) in [5, 5.41) is 12.6. The number of hydrogen-bond donors (Lipinski definition) is 2. The van der Waals surface area contributed by atoms with Crippen LogP contribution in [0, 0.1) is 20.8 Å². The minimum atomic E-state index is -0.605. The molecule has 0 aliphatic carbocycles. The molecule has 3 nitrogen and oxygen atoms in total. The first kappa shape index (κ1) is 13.3. The molecule has 0 fully saturated rings. The van der Waals surface area contributed by atoms with Gasteiger partial charge in [0.15, 0.2) is 0 Å². The fourth-order valence-electron chi connectivity index (χ4n) is 2.35. The van der Waals surface area contributed by atoms with Gasteiger partial charge < -0.3 is 15.3 Å². The zero-order chi connectivity index (χ0) is 13.3. The van der Waals surface area contributed by atoms with Gasteiger partial charge in [0.05, 0.1) is 6.10 Å². The van der Waals surface area contributed by atoms with Gasteiger partial charge in [-0.15, -0.1) is 11.3 Å². The number of hydrogen-bond acceptors (Lipinski definition) is 4. The Hall–Kier alpha value is -1.10. The van der Waals surface area contributed by atoms with Crippen molar-refractivity contribution in [2.24, 2.45) is 5.73 Å². The molecule has 2 aromatic heterocycles. The van der Waals surface area contributed by atoms with Gasteiger partial charge >= 0.3 is 0 Å². The van der Waals surface area contributed by atoms with Gasteiger partial charge in [0, 0.05) is 22.9 Å². The number of rotatable bonds is 4. The van der Waals surface area contributed by atoms with Crippen molar-refractivity contribution in [1.29, 1.82) is 0 Å². The quantitative estimate of drug-likeness (QED) is 0.893. The number of furan rings is 1. The van der Waals surface area contributed by atoms with Crippen molar-refractivity contribution in [1.82, 2.24) is 0 Å². The molecule has 0 bridgehead atoms. The van der Waals surface area contributed by atoms with E-state index in [2.05, 4.69) is 0 Å². The second-order valence-electron chi connectivity index (χ2n) is 4.56. The molecule has 4 heteroatoms. The molecule has 18 heavy (non-hydrogen) atoms. The molecule has 0 aliphatic heterocycles. The first-order chi connectivity index (χ1) is 8.56. The summed E-state index contributed by atoms with van der Waals surface area (Å²) in [6.45, 7) is 6.21. The van der Waals surface area contributed by atoms with E-state index in [0.29, 0.717) is 6.54 Å². The molecule has 0 radical (unpaired) electrons. The average Bonchev–Trinajstić information content (AvgIpc) is 2.90. The number of aliphatic hydroxyl groups excluding tert-OH is 1. The minimum absolute atomic E-state index is 0.0700. The standard InChI is InChI=1S/C14H19NO2S/c1-8-9(2)17-10(3)13(8)14(16)11(7-15)12-5-4-6-18-12/h4-6,11,14,16H,7,15H2,1-3H3. The van der Waals surface area contributed by atoms with E-state index < -0.39 is 6.10 Å². The highest BCUT2D eigenvalue weighted by Crippen LogP contribution is 2.37. The van der Waals surface area contributed by atoms with E-state index in [1.54, 1.807) is 11.3 Å². The lowest BCUT2D eigenvalue weighted by Gasteiger charge is -2.20. The summed E-state index contributed by atoms with van der Waals surface area (Å²) in [5.41, 5.74) is 7.73. The smallest absolute Gasteiger partial charge is 0.107 e. The van der Waals surface area contributed by atoms with Crippen LogP contribution >= 0.6 is 11.3 Å². The predicted octanol–water partition coefficient (Wildman–Crippen LogP) is 3.04. The van der Waals surface area contributed by atoms with Gasteiger partial charge in [0.2, 0.25) is 0 Å². The molecule has 0 saturated carbocycles. The van der Waals surface area contributed by atoms with E-state index in [9.17, 15) is 5.11 Å². The summed E-state index contributed by atoms with van der Waals surface area (Å²) in [5.74, 6) is 1.58. The van der Waals surface area contributed by atoms with Gasteiger partial charge in [-0.2, -0.15) is 0 Å². The lowest BCUT2D eigenvalue weighted by Crippen LogP contribution is -2.20. The molecular formula is C14H19NO2S. The number of nitrogens with two attached hydrogens (primary N) is 1. The zero-order valence-corrected chi connectivity index (χ0v) is 11.8. The largest absolute Gasteiger partial charge is 0.466 e.